The second-order valence-corrected chi connectivity index (χ2v) is 17.5. The van der Waals surface area contributed by atoms with E-state index in [1.165, 1.54) is 67.4 Å². The molecule has 2 nitrogen and oxygen atoms in total. The van der Waals surface area contributed by atoms with Crippen molar-refractivity contribution in [2.24, 2.45) is 5.92 Å². The van der Waals surface area contributed by atoms with Crippen LogP contribution in [0.3, 0.4) is 0 Å². The number of nitrogens with zero attached hydrogens (tertiary/aromatic N) is 2. The molecule has 244 valence electrons. The number of rotatable bonds is 2. The minimum atomic E-state index is 0.0492. The number of hydrogen-bond donors (Lipinski definition) is 0. The molecule has 0 spiro atoms. The summed E-state index contributed by atoms with van der Waals surface area (Å²) in [7, 11) is 0. The van der Waals surface area contributed by atoms with Crippen LogP contribution in [0.4, 0.5) is 28.4 Å². The van der Waals surface area contributed by atoms with Crippen LogP contribution in [0.1, 0.15) is 113 Å². The maximum atomic E-state index is 2.69. The standard InChI is InChI=1S/C46H50N2/c1-44(2,3)30-17-22-33(23-18-30)47-38-15-12-16-39-42(38)41(36-26-21-32(28-40(36)47)46(7,8)9)37-27-29-13-10-11-14-35(29)43(37)48(39)34-24-19-31(20-25-34)45(4,5)6/h10-26,28,37,41,43H,27H2,1-9H3. The summed E-state index contributed by atoms with van der Waals surface area (Å²) in [5.74, 6) is 0.718. The molecular weight excluding hydrogens is 581 g/mol. The molecule has 2 aliphatic heterocycles. The molecule has 5 aromatic carbocycles. The zero-order chi connectivity index (χ0) is 33.7. The van der Waals surface area contributed by atoms with E-state index >= 15 is 0 Å². The number of benzene rings is 5. The van der Waals surface area contributed by atoms with Gasteiger partial charge in [0.25, 0.3) is 0 Å². The zero-order valence-corrected chi connectivity index (χ0v) is 30.2. The Balaban J connectivity index is 1.39. The molecule has 0 aromatic heterocycles. The molecule has 0 saturated carbocycles. The summed E-state index contributed by atoms with van der Waals surface area (Å²) in [6, 6.07) is 42.7. The highest BCUT2D eigenvalue weighted by atomic mass is 15.2. The van der Waals surface area contributed by atoms with Crippen molar-refractivity contribution in [1.82, 2.24) is 0 Å². The van der Waals surface area contributed by atoms with Crippen LogP contribution in [-0.4, -0.2) is 0 Å². The van der Waals surface area contributed by atoms with Crippen molar-refractivity contribution in [2.45, 2.75) is 96.9 Å². The van der Waals surface area contributed by atoms with Gasteiger partial charge >= 0.3 is 0 Å². The lowest BCUT2D eigenvalue weighted by atomic mass is 9.69. The number of hydrogen-bond acceptors (Lipinski definition) is 2. The highest BCUT2D eigenvalue weighted by Crippen LogP contribution is 2.64. The Morgan fingerprint density at radius 3 is 1.69 bits per heavy atom. The number of anilines is 5. The van der Waals surface area contributed by atoms with Crippen molar-refractivity contribution < 1.29 is 0 Å². The second kappa shape index (κ2) is 10.6. The van der Waals surface area contributed by atoms with Gasteiger partial charge in [0, 0.05) is 28.5 Å². The maximum Gasteiger partial charge on any atom is 0.0634 e. The van der Waals surface area contributed by atoms with Crippen molar-refractivity contribution in [1.29, 1.82) is 0 Å². The van der Waals surface area contributed by atoms with E-state index in [9.17, 15) is 0 Å². The summed E-state index contributed by atoms with van der Waals surface area (Å²) >= 11 is 0. The summed E-state index contributed by atoms with van der Waals surface area (Å²) in [6.07, 6.45) is 1.08. The fourth-order valence-corrected chi connectivity index (χ4v) is 8.66. The SMILES string of the molecule is CC(C)(C)c1ccc(N2c3cc(C(C)(C)C)ccc3C3c4c2cccc4N(c2ccc(C(C)(C)C)cc2)C2c4ccccc4CC32)cc1. The monoisotopic (exact) mass is 630 g/mol. The first-order valence-electron chi connectivity index (χ1n) is 17.9. The normalized spacial score (nSPS) is 19.8. The van der Waals surface area contributed by atoms with Crippen LogP contribution >= 0.6 is 0 Å². The highest BCUT2D eigenvalue weighted by Gasteiger charge is 2.51. The minimum Gasteiger partial charge on any atom is -0.333 e. The van der Waals surface area contributed by atoms with Gasteiger partial charge in [-0.1, -0.05) is 129 Å². The van der Waals surface area contributed by atoms with Crippen LogP contribution in [-0.2, 0) is 22.7 Å². The molecule has 48 heavy (non-hydrogen) atoms. The summed E-state index contributed by atoms with van der Waals surface area (Å²) < 4.78 is 0. The Morgan fingerprint density at radius 1 is 0.500 bits per heavy atom. The second-order valence-electron chi connectivity index (χ2n) is 17.5. The summed E-state index contributed by atoms with van der Waals surface area (Å²) in [4.78, 5) is 5.25. The van der Waals surface area contributed by atoms with Crippen molar-refractivity contribution in [3.05, 3.63) is 148 Å². The Kier molecular flexibility index (Phi) is 6.84. The molecule has 5 aromatic rings. The van der Waals surface area contributed by atoms with Crippen LogP contribution in [0, 0.1) is 5.92 Å². The Hall–Kier alpha value is -4.30. The van der Waals surface area contributed by atoms with E-state index in [0.717, 1.165) is 6.42 Å². The third-order valence-corrected chi connectivity index (χ3v) is 11.3. The predicted molar refractivity (Wildman–Crippen MR) is 204 cm³/mol. The maximum absolute atomic E-state index is 2.69. The quantitative estimate of drug-likeness (QED) is 0.191. The Morgan fingerprint density at radius 2 is 1.06 bits per heavy atom. The van der Waals surface area contributed by atoms with Crippen LogP contribution in [0.2, 0.25) is 0 Å². The summed E-state index contributed by atoms with van der Waals surface area (Å²) in [6.45, 7) is 20.8. The summed E-state index contributed by atoms with van der Waals surface area (Å²) in [5.41, 5.74) is 16.7. The Bertz CT molecular complexity index is 2010. The lowest BCUT2D eigenvalue weighted by Gasteiger charge is -2.50. The average Bonchev–Trinajstić information content (AvgIpc) is 3.42. The Labute approximate surface area is 288 Å². The molecular formula is C46H50N2. The first-order valence-corrected chi connectivity index (χ1v) is 17.9. The first kappa shape index (κ1) is 31.0. The molecule has 0 bridgehead atoms. The molecule has 3 aliphatic rings. The molecule has 3 atom stereocenters. The van der Waals surface area contributed by atoms with Gasteiger partial charge in [-0.2, -0.15) is 0 Å². The molecule has 0 saturated heterocycles. The molecule has 0 amide bonds. The summed E-state index contributed by atoms with van der Waals surface area (Å²) in [5, 5.41) is 0. The van der Waals surface area contributed by atoms with Gasteiger partial charge in [0.2, 0.25) is 0 Å². The molecule has 2 heterocycles. The van der Waals surface area contributed by atoms with E-state index in [1.807, 2.05) is 0 Å². The minimum absolute atomic E-state index is 0.0492. The third kappa shape index (κ3) is 4.82. The van der Waals surface area contributed by atoms with E-state index < -0.39 is 0 Å². The average molecular weight is 631 g/mol. The van der Waals surface area contributed by atoms with Crippen molar-refractivity contribution in [2.75, 3.05) is 9.80 Å². The van der Waals surface area contributed by atoms with Gasteiger partial charge < -0.3 is 9.80 Å². The van der Waals surface area contributed by atoms with Crippen LogP contribution in [0.5, 0.6) is 0 Å². The molecule has 1 aliphatic carbocycles. The van der Waals surface area contributed by atoms with Gasteiger partial charge in [0.15, 0.2) is 0 Å². The van der Waals surface area contributed by atoms with Gasteiger partial charge in [-0.25, -0.2) is 0 Å². The molecule has 3 unspecified atom stereocenters. The van der Waals surface area contributed by atoms with Crippen molar-refractivity contribution in [3.8, 4) is 0 Å². The lowest BCUT2D eigenvalue weighted by Crippen LogP contribution is -2.39. The molecule has 2 heteroatoms. The van der Waals surface area contributed by atoms with Gasteiger partial charge in [-0.3, -0.25) is 0 Å². The smallest absolute Gasteiger partial charge is 0.0634 e. The number of fused-ring (bicyclic) bond motifs is 6. The van der Waals surface area contributed by atoms with E-state index in [-0.39, 0.29) is 22.3 Å². The van der Waals surface area contributed by atoms with E-state index in [4.69, 9.17) is 0 Å². The van der Waals surface area contributed by atoms with E-state index in [0.29, 0.717) is 11.8 Å². The van der Waals surface area contributed by atoms with Crippen molar-refractivity contribution in [3.63, 3.8) is 0 Å². The molecule has 8 rings (SSSR count). The van der Waals surface area contributed by atoms with E-state index in [1.54, 1.807) is 0 Å². The van der Waals surface area contributed by atoms with Crippen LogP contribution < -0.4 is 9.80 Å². The molecule has 0 radical (unpaired) electrons. The topological polar surface area (TPSA) is 6.48 Å². The van der Waals surface area contributed by atoms with Crippen LogP contribution in [0.15, 0.2) is 109 Å². The van der Waals surface area contributed by atoms with E-state index in [2.05, 4.69) is 181 Å². The largest absolute Gasteiger partial charge is 0.333 e. The third-order valence-electron chi connectivity index (χ3n) is 11.3. The van der Waals surface area contributed by atoms with Crippen LogP contribution in [0.25, 0.3) is 0 Å². The van der Waals surface area contributed by atoms with Gasteiger partial charge in [-0.15, -0.1) is 0 Å². The molecule has 0 N–H and O–H groups in total. The zero-order valence-electron chi connectivity index (χ0n) is 30.2. The predicted octanol–water partition coefficient (Wildman–Crippen LogP) is 12.6. The van der Waals surface area contributed by atoms with Crippen molar-refractivity contribution >= 4 is 28.4 Å². The fraction of sp³-hybridized carbons (Fsp3) is 0.348. The van der Waals surface area contributed by atoms with Gasteiger partial charge in [0.1, 0.15) is 0 Å². The van der Waals surface area contributed by atoms with Gasteiger partial charge in [-0.05, 0) is 104 Å². The highest BCUT2D eigenvalue weighted by molar-refractivity contribution is 5.91. The molecule has 0 fully saturated rings. The fourth-order valence-electron chi connectivity index (χ4n) is 8.66. The first-order chi connectivity index (χ1) is 22.7. The van der Waals surface area contributed by atoms with Gasteiger partial charge in [0.05, 0.1) is 17.4 Å². The lowest BCUT2D eigenvalue weighted by molar-refractivity contribution is 0.392.